The summed E-state index contributed by atoms with van der Waals surface area (Å²) < 4.78 is 0. The number of H-pyrrole nitrogens is 1. The van der Waals surface area contributed by atoms with Gasteiger partial charge in [0.25, 0.3) is 0 Å². The lowest BCUT2D eigenvalue weighted by molar-refractivity contribution is 0.134. The van der Waals surface area contributed by atoms with Crippen molar-refractivity contribution in [2.45, 2.75) is 13.3 Å². The standard InChI is InChI=1S/C12H17N3O/c1-9-13-11-4-3-10(7-12(11)14-9)5-6-15(2)8-16/h3-4,7,16H,5-6,8H2,1-2H3,(H,13,14). The summed E-state index contributed by atoms with van der Waals surface area (Å²) in [5.74, 6) is 0.944. The minimum absolute atomic E-state index is 0.103. The molecular formula is C12H17N3O. The number of imidazole rings is 1. The number of benzene rings is 1. The number of nitrogens with one attached hydrogen (secondary N) is 1. The number of hydrogen-bond donors (Lipinski definition) is 2. The predicted molar refractivity (Wildman–Crippen MR) is 64.3 cm³/mol. The van der Waals surface area contributed by atoms with Crippen LogP contribution in [0.1, 0.15) is 11.4 Å². The van der Waals surface area contributed by atoms with Gasteiger partial charge >= 0.3 is 0 Å². The van der Waals surface area contributed by atoms with Crippen molar-refractivity contribution in [2.75, 3.05) is 20.3 Å². The van der Waals surface area contributed by atoms with Crippen LogP contribution in [0.25, 0.3) is 11.0 Å². The van der Waals surface area contributed by atoms with Gasteiger partial charge in [0.2, 0.25) is 0 Å². The lowest BCUT2D eigenvalue weighted by Crippen LogP contribution is -2.21. The van der Waals surface area contributed by atoms with E-state index in [1.165, 1.54) is 5.56 Å². The summed E-state index contributed by atoms with van der Waals surface area (Å²) in [7, 11) is 1.90. The van der Waals surface area contributed by atoms with Crippen LogP contribution in [0.15, 0.2) is 18.2 Å². The number of rotatable bonds is 4. The van der Waals surface area contributed by atoms with E-state index in [4.69, 9.17) is 5.11 Å². The Balaban J connectivity index is 2.13. The number of fused-ring (bicyclic) bond motifs is 1. The van der Waals surface area contributed by atoms with E-state index in [2.05, 4.69) is 22.1 Å². The lowest BCUT2D eigenvalue weighted by atomic mass is 10.1. The van der Waals surface area contributed by atoms with Gasteiger partial charge in [0, 0.05) is 6.54 Å². The molecule has 4 nitrogen and oxygen atoms in total. The normalized spacial score (nSPS) is 11.5. The fourth-order valence-electron chi connectivity index (χ4n) is 1.73. The molecule has 0 aliphatic heterocycles. The third-order valence-electron chi connectivity index (χ3n) is 2.69. The van der Waals surface area contributed by atoms with Crippen molar-refractivity contribution >= 4 is 11.0 Å². The molecule has 0 radical (unpaired) electrons. The van der Waals surface area contributed by atoms with Crippen LogP contribution in [0.2, 0.25) is 0 Å². The van der Waals surface area contributed by atoms with E-state index in [1.54, 1.807) is 0 Å². The van der Waals surface area contributed by atoms with E-state index in [0.29, 0.717) is 0 Å². The summed E-state index contributed by atoms with van der Waals surface area (Å²) in [5, 5.41) is 8.90. The maximum Gasteiger partial charge on any atom is 0.104 e. The highest BCUT2D eigenvalue weighted by atomic mass is 16.3. The minimum Gasteiger partial charge on any atom is -0.381 e. The fourth-order valence-corrected chi connectivity index (χ4v) is 1.73. The van der Waals surface area contributed by atoms with Crippen LogP contribution in [-0.2, 0) is 6.42 Å². The summed E-state index contributed by atoms with van der Waals surface area (Å²) >= 11 is 0. The van der Waals surface area contributed by atoms with E-state index in [9.17, 15) is 0 Å². The van der Waals surface area contributed by atoms with Crippen molar-refractivity contribution in [2.24, 2.45) is 0 Å². The van der Waals surface area contributed by atoms with Gasteiger partial charge in [0.05, 0.1) is 17.8 Å². The SMILES string of the molecule is Cc1nc2ccc(CCN(C)CO)cc2[nH]1. The number of aromatic amines is 1. The van der Waals surface area contributed by atoms with Crippen molar-refractivity contribution in [3.05, 3.63) is 29.6 Å². The summed E-state index contributed by atoms with van der Waals surface area (Å²) in [6.07, 6.45) is 0.936. The Bertz CT molecular complexity index is 478. The zero-order valence-corrected chi connectivity index (χ0v) is 9.70. The molecule has 0 saturated carbocycles. The average molecular weight is 219 g/mol. The minimum atomic E-state index is 0.103. The highest BCUT2D eigenvalue weighted by Crippen LogP contribution is 2.13. The number of aryl methyl sites for hydroxylation is 1. The monoisotopic (exact) mass is 219 g/mol. The number of aliphatic hydroxyl groups excluding tert-OH is 1. The predicted octanol–water partition coefficient (Wildman–Crippen LogP) is 1.30. The Kier molecular flexibility index (Phi) is 3.22. The molecule has 86 valence electrons. The zero-order valence-electron chi connectivity index (χ0n) is 9.70. The van der Waals surface area contributed by atoms with Crippen LogP contribution < -0.4 is 0 Å². The summed E-state index contributed by atoms with van der Waals surface area (Å²) in [5.41, 5.74) is 3.36. The van der Waals surface area contributed by atoms with Crippen molar-refractivity contribution in [3.63, 3.8) is 0 Å². The summed E-state index contributed by atoms with van der Waals surface area (Å²) in [4.78, 5) is 9.46. The van der Waals surface area contributed by atoms with Gasteiger partial charge in [-0.2, -0.15) is 0 Å². The van der Waals surface area contributed by atoms with E-state index >= 15 is 0 Å². The lowest BCUT2D eigenvalue weighted by Gasteiger charge is -2.12. The molecule has 0 saturated heterocycles. The molecule has 0 aliphatic rings. The second kappa shape index (κ2) is 4.63. The largest absolute Gasteiger partial charge is 0.381 e. The van der Waals surface area contributed by atoms with Gasteiger partial charge in [0.15, 0.2) is 0 Å². The third kappa shape index (κ3) is 2.40. The van der Waals surface area contributed by atoms with Crippen LogP contribution in [0.5, 0.6) is 0 Å². The molecule has 1 heterocycles. The molecule has 1 aromatic carbocycles. The molecule has 2 N–H and O–H groups in total. The second-order valence-corrected chi connectivity index (χ2v) is 4.14. The first-order chi connectivity index (χ1) is 7.69. The summed E-state index contributed by atoms with van der Waals surface area (Å²) in [6.45, 7) is 2.92. The Morgan fingerprint density at radius 3 is 3.00 bits per heavy atom. The van der Waals surface area contributed by atoms with Crippen LogP contribution >= 0.6 is 0 Å². The van der Waals surface area contributed by atoms with Crippen molar-refractivity contribution in [1.82, 2.24) is 14.9 Å². The smallest absolute Gasteiger partial charge is 0.104 e. The molecule has 2 aromatic rings. The number of aliphatic hydroxyl groups is 1. The van der Waals surface area contributed by atoms with Crippen molar-refractivity contribution in [3.8, 4) is 0 Å². The Morgan fingerprint density at radius 1 is 1.44 bits per heavy atom. The number of likely N-dealkylation sites (N-methyl/N-ethyl adjacent to an activating group) is 1. The van der Waals surface area contributed by atoms with Crippen LogP contribution in [0.3, 0.4) is 0 Å². The molecule has 16 heavy (non-hydrogen) atoms. The summed E-state index contributed by atoms with van der Waals surface area (Å²) in [6, 6.07) is 6.25. The quantitative estimate of drug-likeness (QED) is 0.762. The molecule has 4 heteroatoms. The number of nitrogens with zero attached hydrogens (tertiary/aromatic N) is 2. The van der Waals surface area contributed by atoms with Gasteiger partial charge in [-0.05, 0) is 38.1 Å². The van der Waals surface area contributed by atoms with Crippen LogP contribution in [0, 0.1) is 6.92 Å². The molecule has 0 unspecified atom stereocenters. The Hall–Kier alpha value is -1.39. The molecule has 0 bridgehead atoms. The van der Waals surface area contributed by atoms with Crippen LogP contribution in [-0.4, -0.2) is 40.3 Å². The zero-order chi connectivity index (χ0) is 11.5. The van der Waals surface area contributed by atoms with Crippen molar-refractivity contribution < 1.29 is 5.11 Å². The number of hydrogen-bond acceptors (Lipinski definition) is 3. The van der Waals surface area contributed by atoms with Gasteiger partial charge < -0.3 is 10.1 Å². The Morgan fingerprint density at radius 2 is 2.25 bits per heavy atom. The molecule has 0 amide bonds. The Labute approximate surface area is 94.9 Å². The topological polar surface area (TPSA) is 52.1 Å². The van der Waals surface area contributed by atoms with E-state index in [-0.39, 0.29) is 6.73 Å². The van der Waals surface area contributed by atoms with E-state index < -0.39 is 0 Å². The molecular weight excluding hydrogens is 202 g/mol. The van der Waals surface area contributed by atoms with Gasteiger partial charge in [-0.1, -0.05) is 6.07 Å². The molecule has 0 fully saturated rings. The van der Waals surface area contributed by atoms with E-state index in [0.717, 1.165) is 29.8 Å². The maximum absolute atomic E-state index is 8.90. The molecule has 2 rings (SSSR count). The maximum atomic E-state index is 8.90. The van der Waals surface area contributed by atoms with Gasteiger partial charge in [-0.3, -0.25) is 4.90 Å². The highest BCUT2D eigenvalue weighted by molar-refractivity contribution is 5.75. The average Bonchev–Trinajstić information content (AvgIpc) is 2.65. The fraction of sp³-hybridized carbons (Fsp3) is 0.417. The van der Waals surface area contributed by atoms with Crippen LogP contribution in [0.4, 0.5) is 0 Å². The first-order valence-electron chi connectivity index (χ1n) is 5.43. The second-order valence-electron chi connectivity index (χ2n) is 4.14. The van der Waals surface area contributed by atoms with Gasteiger partial charge in [-0.15, -0.1) is 0 Å². The van der Waals surface area contributed by atoms with Crippen molar-refractivity contribution in [1.29, 1.82) is 0 Å². The first kappa shape index (κ1) is 11.1. The highest BCUT2D eigenvalue weighted by Gasteiger charge is 2.02. The molecule has 0 aliphatic carbocycles. The van der Waals surface area contributed by atoms with E-state index in [1.807, 2.05) is 24.9 Å². The molecule has 1 aromatic heterocycles. The molecule has 0 spiro atoms. The third-order valence-corrected chi connectivity index (χ3v) is 2.69. The number of aromatic nitrogens is 2. The molecule has 0 atom stereocenters. The van der Waals surface area contributed by atoms with Gasteiger partial charge in [0.1, 0.15) is 5.82 Å². The first-order valence-corrected chi connectivity index (χ1v) is 5.43. The van der Waals surface area contributed by atoms with Gasteiger partial charge in [-0.25, -0.2) is 4.98 Å².